The summed E-state index contributed by atoms with van der Waals surface area (Å²) in [5.41, 5.74) is 22.4. The third-order valence-electron chi connectivity index (χ3n) is 12.4. The normalized spacial score (nSPS) is 12.6. The van der Waals surface area contributed by atoms with Crippen LogP contribution in [0.5, 0.6) is 0 Å². The molecule has 2 heteroatoms. The Balaban J connectivity index is 0.989. The van der Waals surface area contributed by atoms with Crippen molar-refractivity contribution in [3.8, 4) is 66.8 Å². The van der Waals surface area contributed by atoms with Gasteiger partial charge in [0.2, 0.25) is 0 Å². The van der Waals surface area contributed by atoms with Crippen LogP contribution in [0.25, 0.3) is 110 Å². The Morgan fingerprint density at radius 1 is 0.443 bits per heavy atom. The number of nitrogens with zero attached hydrogens (tertiary/aromatic N) is 1. The summed E-state index contributed by atoms with van der Waals surface area (Å²) in [5.74, 6) is 0. The van der Waals surface area contributed by atoms with Gasteiger partial charge in [-0.2, -0.15) is 0 Å². The summed E-state index contributed by atoms with van der Waals surface area (Å²) in [6, 6.07) is 69.6. The van der Waals surface area contributed by atoms with E-state index in [0.29, 0.717) is 0 Å². The summed E-state index contributed by atoms with van der Waals surface area (Å²) in [7, 11) is 0. The van der Waals surface area contributed by atoms with Crippen molar-refractivity contribution >= 4 is 49.3 Å². The number of hydrogen-bond donors (Lipinski definition) is 1. The van der Waals surface area contributed by atoms with Crippen molar-refractivity contribution < 1.29 is 0 Å². The van der Waals surface area contributed by atoms with E-state index in [2.05, 4.69) is 200 Å². The van der Waals surface area contributed by atoms with Gasteiger partial charge in [0, 0.05) is 12.6 Å². The maximum Gasteiger partial charge on any atom is 0.115 e. The molecule has 0 aliphatic heterocycles. The van der Waals surface area contributed by atoms with Crippen LogP contribution in [-0.2, 0) is 6.42 Å². The van der Waals surface area contributed by atoms with Gasteiger partial charge in [0.25, 0.3) is 0 Å². The van der Waals surface area contributed by atoms with Crippen molar-refractivity contribution in [1.29, 1.82) is 0 Å². The summed E-state index contributed by atoms with van der Waals surface area (Å²) < 4.78 is 0. The summed E-state index contributed by atoms with van der Waals surface area (Å²) >= 11 is 0. The lowest BCUT2D eigenvalue weighted by atomic mass is 9.82. The monoisotopic (exact) mass is 778 g/mol. The first-order valence-electron chi connectivity index (χ1n) is 21.0. The molecule has 0 saturated carbocycles. The zero-order valence-electron chi connectivity index (χ0n) is 33.7. The first-order chi connectivity index (χ1) is 30.1. The molecule has 0 bridgehead atoms. The molecule has 1 aliphatic carbocycles. The molecule has 0 fully saturated rings. The van der Waals surface area contributed by atoms with Crippen molar-refractivity contribution in [2.45, 2.75) is 12.6 Å². The van der Waals surface area contributed by atoms with Crippen molar-refractivity contribution in [2.24, 2.45) is 10.7 Å². The smallest absolute Gasteiger partial charge is 0.115 e. The minimum Gasteiger partial charge on any atom is -0.306 e. The number of nitrogens with two attached hydrogens (primary N) is 1. The number of aliphatic imine (C=N–C) groups is 1. The standard InChI is InChI=1S/C59H42N2/c1-2-3-21-54(60)61-35-34-38-22-24-39(25-23-38)42-28-30-46-43(36-42)26-27-44-37-45(29-31-47(44)46)48-32-33-53-57-49(48)19-12-20-52(57)58-55(40-13-6-4-7-14-40)50-17-10-11-18-51(50)56(59(53)58)41-15-8-5-9-16-41/h2-33,35-37,54H,1,34,60H2/b21-3-,61-35-. The second-order valence-corrected chi connectivity index (χ2v) is 15.9. The van der Waals surface area contributed by atoms with Crippen LogP contribution in [0.1, 0.15) is 5.56 Å². The average molecular weight is 779 g/mol. The molecule has 61 heavy (non-hydrogen) atoms. The second kappa shape index (κ2) is 15.2. The molecule has 0 heterocycles. The predicted molar refractivity (Wildman–Crippen MR) is 262 cm³/mol. The minimum atomic E-state index is -0.352. The van der Waals surface area contributed by atoms with Gasteiger partial charge in [-0.1, -0.05) is 195 Å². The van der Waals surface area contributed by atoms with Crippen LogP contribution >= 0.6 is 0 Å². The Bertz CT molecular complexity index is 3300. The molecular formula is C59H42N2. The second-order valence-electron chi connectivity index (χ2n) is 15.9. The maximum absolute atomic E-state index is 6.00. The van der Waals surface area contributed by atoms with Gasteiger partial charge in [0.1, 0.15) is 6.17 Å². The highest BCUT2D eigenvalue weighted by Gasteiger charge is 2.31. The van der Waals surface area contributed by atoms with Crippen molar-refractivity contribution in [3.63, 3.8) is 0 Å². The Morgan fingerprint density at radius 2 is 0.984 bits per heavy atom. The van der Waals surface area contributed by atoms with Gasteiger partial charge < -0.3 is 5.73 Å². The van der Waals surface area contributed by atoms with Gasteiger partial charge in [0.15, 0.2) is 0 Å². The number of rotatable bonds is 9. The van der Waals surface area contributed by atoms with E-state index in [4.69, 9.17) is 5.73 Å². The molecule has 1 unspecified atom stereocenters. The van der Waals surface area contributed by atoms with E-state index in [9.17, 15) is 0 Å². The fourth-order valence-corrected chi connectivity index (χ4v) is 9.64. The van der Waals surface area contributed by atoms with Crippen LogP contribution in [0.3, 0.4) is 0 Å². The Kier molecular flexibility index (Phi) is 9.07. The lowest BCUT2D eigenvalue weighted by Gasteiger charge is -2.20. The van der Waals surface area contributed by atoms with Gasteiger partial charge in [-0.3, -0.25) is 4.99 Å². The molecule has 0 saturated heterocycles. The first-order valence-corrected chi connectivity index (χ1v) is 21.0. The van der Waals surface area contributed by atoms with Gasteiger partial charge in [-0.25, -0.2) is 0 Å². The van der Waals surface area contributed by atoms with E-state index in [-0.39, 0.29) is 6.17 Å². The lowest BCUT2D eigenvalue weighted by molar-refractivity contribution is 0.879. The van der Waals surface area contributed by atoms with Crippen LogP contribution in [0.2, 0.25) is 0 Å². The molecule has 288 valence electrons. The molecule has 2 nitrogen and oxygen atoms in total. The van der Waals surface area contributed by atoms with E-state index < -0.39 is 0 Å². The summed E-state index contributed by atoms with van der Waals surface area (Å²) in [4.78, 5) is 4.40. The molecule has 0 aromatic heterocycles. The molecule has 0 radical (unpaired) electrons. The van der Waals surface area contributed by atoms with Crippen LogP contribution in [0.15, 0.2) is 218 Å². The fourth-order valence-electron chi connectivity index (χ4n) is 9.64. The predicted octanol–water partition coefficient (Wildman–Crippen LogP) is 15.3. The maximum atomic E-state index is 6.00. The average Bonchev–Trinajstić information content (AvgIpc) is 3.65. The summed E-state index contributed by atoms with van der Waals surface area (Å²) in [5, 5.41) is 10.1. The first kappa shape index (κ1) is 36.4. The molecule has 11 rings (SSSR count). The zero-order chi connectivity index (χ0) is 40.9. The lowest BCUT2D eigenvalue weighted by Crippen LogP contribution is -2.13. The Morgan fingerprint density at radius 3 is 1.62 bits per heavy atom. The van der Waals surface area contributed by atoms with Crippen LogP contribution in [0, 0.1) is 0 Å². The molecule has 10 aromatic carbocycles. The van der Waals surface area contributed by atoms with Gasteiger partial charge in [-0.15, -0.1) is 0 Å². The SMILES string of the molecule is C=C/C=C\C(N)/N=C\Cc1ccc(-c2ccc3c(ccc4cc(-c5ccc6c7c(cccc57)-c5c-6c(-c6ccccc6)c6ccccc6c5-c5ccccc5)ccc43)c2)cc1. The van der Waals surface area contributed by atoms with Crippen LogP contribution in [0.4, 0.5) is 0 Å². The molecule has 2 N–H and O–H groups in total. The topological polar surface area (TPSA) is 38.4 Å². The highest BCUT2D eigenvalue weighted by atomic mass is 14.9. The highest BCUT2D eigenvalue weighted by molar-refractivity contribution is 6.29. The quantitative estimate of drug-likeness (QED) is 0.0884. The largest absolute Gasteiger partial charge is 0.306 e. The van der Waals surface area contributed by atoms with E-state index in [1.807, 2.05) is 18.4 Å². The van der Waals surface area contributed by atoms with Crippen LogP contribution in [-0.4, -0.2) is 12.4 Å². The number of fused-ring (bicyclic) bond motifs is 7. The third-order valence-corrected chi connectivity index (χ3v) is 12.4. The van der Waals surface area contributed by atoms with E-state index in [1.54, 1.807) is 6.08 Å². The number of hydrogen-bond acceptors (Lipinski definition) is 2. The van der Waals surface area contributed by atoms with Crippen molar-refractivity contribution in [2.75, 3.05) is 0 Å². The van der Waals surface area contributed by atoms with E-state index >= 15 is 0 Å². The molecule has 10 aromatic rings. The van der Waals surface area contributed by atoms with Crippen molar-refractivity contribution in [1.82, 2.24) is 0 Å². The molecule has 1 aliphatic rings. The Labute approximate surface area is 356 Å². The van der Waals surface area contributed by atoms with E-state index in [1.165, 1.54) is 115 Å². The minimum absolute atomic E-state index is 0.352. The van der Waals surface area contributed by atoms with Crippen molar-refractivity contribution in [3.05, 3.63) is 218 Å². The molecule has 0 amide bonds. The van der Waals surface area contributed by atoms with Crippen LogP contribution < -0.4 is 5.73 Å². The van der Waals surface area contributed by atoms with Gasteiger partial charge in [0.05, 0.1) is 0 Å². The highest BCUT2D eigenvalue weighted by Crippen LogP contribution is 2.58. The molecule has 1 atom stereocenters. The molecule has 0 spiro atoms. The molecular weight excluding hydrogens is 737 g/mol. The summed E-state index contributed by atoms with van der Waals surface area (Å²) in [6.45, 7) is 3.68. The number of allylic oxidation sites excluding steroid dienone is 2. The van der Waals surface area contributed by atoms with E-state index in [0.717, 1.165) is 6.42 Å². The van der Waals surface area contributed by atoms with Gasteiger partial charge in [-0.05, 0) is 134 Å². The zero-order valence-corrected chi connectivity index (χ0v) is 33.7. The fraction of sp³-hybridized carbons (Fsp3) is 0.0339. The van der Waals surface area contributed by atoms with Gasteiger partial charge >= 0.3 is 0 Å². The number of benzene rings is 10. The third kappa shape index (κ3) is 6.28. The summed E-state index contributed by atoms with van der Waals surface area (Å²) in [6.07, 6.45) is 7.62. The Hall–Kier alpha value is -7.65.